The standard InChI is InChI=1S/C23H19N3O/c24-19-7-1-15(2-8-19)18-13-22(16-3-9-20(25)10-4-16)27-23(14-18)17-5-11-21(26)12-6-17/h1-14,25H,24,26H2/p+1. The first-order valence-electron chi connectivity index (χ1n) is 8.64. The number of ether oxygens (including phenoxy) is 1. The number of anilines is 2. The predicted octanol–water partition coefficient (Wildman–Crippen LogP) is 2.89. The Labute approximate surface area is 158 Å². The van der Waals surface area contributed by atoms with E-state index in [4.69, 9.17) is 21.6 Å². The van der Waals surface area contributed by atoms with Crippen LogP contribution in [0.25, 0.3) is 11.3 Å². The van der Waals surface area contributed by atoms with Crippen molar-refractivity contribution in [3.8, 4) is 0 Å². The Balaban J connectivity index is 1.82. The highest BCUT2D eigenvalue weighted by molar-refractivity contribution is 6.01. The van der Waals surface area contributed by atoms with Gasteiger partial charge in [-0.15, -0.1) is 0 Å². The molecule has 0 saturated heterocycles. The van der Waals surface area contributed by atoms with Crippen molar-refractivity contribution in [1.29, 1.82) is 0 Å². The van der Waals surface area contributed by atoms with E-state index in [0.29, 0.717) is 11.4 Å². The molecule has 0 atom stereocenters. The van der Waals surface area contributed by atoms with E-state index < -0.39 is 0 Å². The van der Waals surface area contributed by atoms with Gasteiger partial charge in [-0.1, -0.05) is 12.1 Å². The van der Waals surface area contributed by atoms with Crippen LogP contribution in [0.15, 0.2) is 96.3 Å². The third kappa shape index (κ3) is 3.60. The van der Waals surface area contributed by atoms with Crippen molar-refractivity contribution in [3.05, 3.63) is 107 Å². The van der Waals surface area contributed by atoms with Crippen molar-refractivity contribution < 1.29 is 10.1 Å². The predicted molar refractivity (Wildman–Crippen MR) is 111 cm³/mol. The van der Waals surface area contributed by atoms with Crippen LogP contribution < -0.4 is 16.9 Å². The summed E-state index contributed by atoms with van der Waals surface area (Å²) >= 11 is 0. The SMILES string of the molecule is Nc1ccc(C2=CC(=C3C=CC(=[NH2+])C=C3)OC(c3ccc(N)cc3)=C2)cc1. The molecular weight excluding hydrogens is 334 g/mol. The summed E-state index contributed by atoms with van der Waals surface area (Å²) in [6.45, 7) is 0. The van der Waals surface area contributed by atoms with E-state index in [1.807, 2.05) is 85.0 Å². The number of nitrogen functional groups attached to an aromatic ring is 2. The van der Waals surface area contributed by atoms with Crippen molar-refractivity contribution in [2.45, 2.75) is 0 Å². The summed E-state index contributed by atoms with van der Waals surface area (Å²) in [7, 11) is 0. The molecule has 4 nitrogen and oxygen atoms in total. The smallest absolute Gasteiger partial charge is 0.196 e. The number of allylic oxidation sites excluding steroid dienone is 8. The van der Waals surface area contributed by atoms with Gasteiger partial charge in [0.15, 0.2) is 5.71 Å². The van der Waals surface area contributed by atoms with Crippen LogP contribution in [0.5, 0.6) is 0 Å². The van der Waals surface area contributed by atoms with Crippen LogP contribution in [0.2, 0.25) is 0 Å². The molecule has 0 aromatic heterocycles. The number of benzene rings is 2. The first-order chi connectivity index (χ1) is 13.1. The van der Waals surface area contributed by atoms with Gasteiger partial charge < -0.3 is 16.2 Å². The second-order valence-corrected chi connectivity index (χ2v) is 6.44. The van der Waals surface area contributed by atoms with Crippen molar-refractivity contribution in [2.75, 3.05) is 11.5 Å². The molecule has 2 aromatic carbocycles. The quantitative estimate of drug-likeness (QED) is 0.725. The van der Waals surface area contributed by atoms with Gasteiger partial charge in [0, 0.05) is 34.7 Å². The second kappa shape index (κ2) is 6.84. The molecule has 4 heteroatoms. The van der Waals surface area contributed by atoms with Crippen LogP contribution in [0.3, 0.4) is 0 Å². The lowest BCUT2D eigenvalue weighted by molar-refractivity contribution is -0.110. The minimum atomic E-state index is 0.715. The van der Waals surface area contributed by atoms with Gasteiger partial charge in [0.05, 0.1) is 0 Å². The van der Waals surface area contributed by atoms with Crippen LogP contribution in [0.4, 0.5) is 11.4 Å². The summed E-state index contributed by atoms with van der Waals surface area (Å²) in [6.07, 6.45) is 11.7. The van der Waals surface area contributed by atoms with Gasteiger partial charge in [-0.25, -0.2) is 0 Å². The Morgan fingerprint density at radius 2 is 1.22 bits per heavy atom. The molecule has 0 saturated carbocycles. The highest BCUT2D eigenvalue weighted by Gasteiger charge is 2.17. The molecule has 6 N–H and O–H groups in total. The first-order valence-corrected chi connectivity index (χ1v) is 8.64. The lowest BCUT2D eigenvalue weighted by Crippen LogP contribution is -2.37. The maximum absolute atomic E-state index is 6.21. The average Bonchev–Trinajstić information content (AvgIpc) is 2.69. The highest BCUT2D eigenvalue weighted by Crippen LogP contribution is 2.34. The molecule has 0 amide bonds. The number of hydrogen-bond donors (Lipinski definition) is 3. The number of nitrogens with two attached hydrogens (primary N) is 3. The third-order valence-electron chi connectivity index (χ3n) is 4.43. The maximum Gasteiger partial charge on any atom is 0.196 e. The molecule has 2 aromatic rings. The first kappa shape index (κ1) is 16.7. The summed E-state index contributed by atoms with van der Waals surface area (Å²) in [5, 5.41) is 5.82. The molecule has 0 unspecified atom stereocenters. The molecule has 1 heterocycles. The van der Waals surface area contributed by atoms with Crippen molar-refractivity contribution in [2.24, 2.45) is 0 Å². The van der Waals surface area contributed by atoms with Gasteiger partial charge >= 0.3 is 0 Å². The van der Waals surface area contributed by atoms with Crippen molar-refractivity contribution >= 4 is 28.4 Å². The summed E-state index contributed by atoms with van der Waals surface area (Å²) < 4.78 is 6.21. The topological polar surface area (TPSA) is 86.9 Å². The van der Waals surface area contributed by atoms with Gasteiger partial charge in [0.1, 0.15) is 11.5 Å². The minimum Gasteiger partial charge on any atom is -0.456 e. The van der Waals surface area contributed by atoms with Crippen LogP contribution in [0, 0.1) is 0 Å². The summed E-state index contributed by atoms with van der Waals surface area (Å²) in [5.74, 6) is 1.52. The van der Waals surface area contributed by atoms with Crippen molar-refractivity contribution in [3.63, 3.8) is 0 Å². The van der Waals surface area contributed by atoms with E-state index in [1.54, 1.807) is 0 Å². The molecule has 0 spiro atoms. The van der Waals surface area contributed by atoms with Gasteiger partial charge in [-0.05, 0) is 71.8 Å². The van der Waals surface area contributed by atoms with Crippen LogP contribution in [-0.4, -0.2) is 5.71 Å². The van der Waals surface area contributed by atoms with Crippen LogP contribution >= 0.6 is 0 Å². The highest BCUT2D eigenvalue weighted by atomic mass is 16.5. The van der Waals surface area contributed by atoms with E-state index in [0.717, 1.165) is 39.5 Å². The van der Waals surface area contributed by atoms with Crippen LogP contribution in [0.1, 0.15) is 11.1 Å². The number of hydrogen-bond acceptors (Lipinski definition) is 3. The third-order valence-corrected chi connectivity index (χ3v) is 4.43. The Hall–Kier alpha value is -3.79. The zero-order valence-electron chi connectivity index (χ0n) is 14.7. The molecule has 0 radical (unpaired) electrons. The molecule has 2 aliphatic rings. The molecule has 1 aliphatic heterocycles. The van der Waals surface area contributed by atoms with E-state index in [9.17, 15) is 0 Å². The Morgan fingerprint density at radius 3 is 1.81 bits per heavy atom. The van der Waals surface area contributed by atoms with E-state index in [2.05, 4.69) is 0 Å². The molecule has 0 bridgehead atoms. The minimum absolute atomic E-state index is 0.715. The fraction of sp³-hybridized carbons (Fsp3) is 0. The summed E-state index contributed by atoms with van der Waals surface area (Å²) in [6, 6.07) is 15.4. The monoisotopic (exact) mass is 354 g/mol. The molecule has 27 heavy (non-hydrogen) atoms. The Morgan fingerprint density at radius 1 is 0.667 bits per heavy atom. The maximum atomic E-state index is 6.21. The second-order valence-electron chi connectivity index (χ2n) is 6.44. The molecular formula is C23H20N3O+. The average molecular weight is 354 g/mol. The van der Waals surface area contributed by atoms with E-state index in [1.165, 1.54) is 0 Å². The Bertz CT molecular complexity index is 1030. The lowest BCUT2D eigenvalue weighted by Gasteiger charge is -2.20. The number of rotatable bonds is 2. The molecule has 4 rings (SSSR count). The van der Waals surface area contributed by atoms with E-state index >= 15 is 0 Å². The molecule has 1 aliphatic carbocycles. The van der Waals surface area contributed by atoms with Crippen molar-refractivity contribution in [1.82, 2.24) is 0 Å². The zero-order chi connectivity index (χ0) is 18.8. The van der Waals surface area contributed by atoms with Gasteiger partial charge in [0.25, 0.3) is 0 Å². The summed E-state index contributed by atoms with van der Waals surface area (Å²) in [4.78, 5) is 0. The summed E-state index contributed by atoms with van der Waals surface area (Å²) in [5.41, 5.74) is 17.8. The fourth-order valence-electron chi connectivity index (χ4n) is 2.92. The normalized spacial score (nSPS) is 16.1. The Kier molecular flexibility index (Phi) is 4.22. The lowest BCUT2D eigenvalue weighted by atomic mass is 9.98. The molecule has 132 valence electrons. The van der Waals surface area contributed by atoms with E-state index in [-0.39, 0.29) is 0 Å². The van der Waals surface area contributed by atoms with Crippen LogP contribution in [-0.2, 0) is 4.74 Å². The largest absolute Gasteiger partial charge is 0.456 e. The molecule has 0 fully saturated rings. The van der Waals surface area contributed by atoms with Gasteiger partial charge in [0.2, 0.25) is 0 Å². The fourth-order valence-corrected chi connectivity index (χ4v) is 2.92. The zero-order valence-corrected chi connectivity index (χ0v) is 14.7. The van der Waals surface area contributed by atoms with Gasteiger partial charge in [-0.2, -0.15) is 0 Å². The van der Waals surface area contributed by atoms with Gasteiger partial charge in [-0.3, -0.25) is 5.41 Å².